The van der Waals surface area contributed by atoms with Crippen molar-refractivity contribution in [2.24, 2.45) is 5.92 Å². The van der Waals surface area contributed by atoms with Gasteiger partial charge in [0.05, 0.1) is 6.61 Å². The Labute approximate surface area is 163 Å². The lowest BCUT2D eigenvalue weighted by atomic mass is 9.95. The fourth-order valence-electron chi connectivity index (χ4n) is 4.41. The molecule has 0 aromatic carbocycles. The molecule has 150 valence electrons. The lowest BCUT2D eigenvalue weighted by Gasteiger charge is -2.41. The zero-order chi connectivity index (χ0) is 19.1. The number of piperidine rings is 1. The lowest BCUT2D eigenvalue weighted by molar-refractivity contribution is -0.150. The quantitative estimate of drug-likeness (QED) is 0.683. The molecule has 3 rings (SSSR count). The molecule has 2 unspecified atom stereocenters. The number of nitrogens with zero attached hydrogens (tertiary/aromatic N) is 4. The highest BCUT2D eigenvalue weighted by molar-refractivity contribution is 5.75. The van der Waals surface area contributed by atoms with Crippen molar-refractivity contribution >= 4 is 11.8 Å². The van der Waals surface area contributed by atoms with Crippen molar-refractivity contribution in [2.75, 3.05) is 57.3 Å². The fourth-order valence-corrected chi connectivity index (χ4v) is 4.41. The average Bonchev–Trinajstić information content (AvgIpc) is 2.70. The van der Waals surface area contributed by atoms with Gasteiger partial charge in [-0.05, 0) is 50.8 Å². The maximum absolute atomic E-state index is 12.3. The largest absolute Gasteiger partial charge is 0.465 e. The Bertz CT molecular complexity index is 575. The van der Waals surface area contributed by atoms with Crippen LogP contribution in [0.5, 0.6) is 0 Å². The Hall–Kier alpha value is -1.66. The Balaban J connectivity index is 1.47. The van der Waals surface area contributed by atoms with Crippen molar-refractivity contribution in [1.82, 2.24) is 14.8 Å². The van der Waals surface area contributed by atoms with E-state index in [0.717, 1.165) is 58.1 Å². The molecule has 6 nitrogen and oxygen atoms in total. The van der Waals surface area contributed by atoms with Gasteiger partial charge in [-0.3, -0.25) is 14.6 Å². The maximum atomic E-state index is 12.3. The fraction of sp³-hybridized carbons (Fsp3) is 0.714. The van der Waals surface area contributed by atoms with Crippen molar-refractivity contribution in [2.45, 2.75) is 39.2 Å². The minimum Gasteiger partial charge on any atom is -0.465 e. The second kappa shape index (κ2) is 10.0. The Morgan fingerprint density at radius 2 is 2.04 bits per heavy atom. The summed E-state index contributed by atoms with van der Waals surface area (Å²) in [6.45, 7) is 11.8. The average molecular weight is 375 g/mol. The highest BCUT2D eigenvalue weighted by Crippen LogP contribution is 2.22. The zero-order valence-corrected chi connectivity index (χ0v) is 16.8. The van der Waals surface area contributed by atoms with Gasteiger partial charge in [0.15, 0.2) is 0 Å². The van der Waals surface area contributed by atoms with Crippen LogP contribution in [0.4, 0.5) is 5.82 Å². The highest BCUT2D eigenvalue weighted by Gasteiger charge is 2.31. The first-order chi connectivity index (χ1) is 13.2. The van der Waals surface area contributed by atoms with E-state index in [1.165, 1.54) is 12.8 Å². The molecule has 0 saturated carbocycles. The predicted molar refractivity (Wildman–Crippen MR) is 108 cm³/mol. The van der Waals surface area contributed by atoms with Crippen LogP contribution in [-0.4, -0.2) is 79.2 Å². The third kappa shape index (κ3) is 5.42. The van der Waals surface area contributed by atoms with Gasteiger partial charge in [0.1, 0.15) is 11.9 Å². The second-order valence-corrected chi connectivity index (χ2v) is 7.65. The summed E-state index contributed by atoms with van der Waals surface area (Å²) >= 11 is 0. The number of pyridine rings is 1. The zero-order valence-electron chi connectivity index (χ0n) is 16.8. The molecule has 0 spiro atoms. The molecule has 27 heavy (non-hydrogen) atoms. The predicted octanol–water partition coefficient (Wildman–Crippen LogP) is 2.26. The number of aromatic nitrogens is 1. The molecule has 0 radical (unpaired) electrons. The summed E-state index contributed by atoms with van der Waals surface area (Å²) in [5.74, 6) is 1.68. The molecule has 2 aliphatic heterocycles. The Morgan fingerprint density at radius 3 is 2.70 bits per heavy atom. The summed E-state index contributed by atoms with van der Waals surface area (Å²) in [6, 6.07) is 6.04. The molecule has 0 bridgehead atoms. The number of ether oxygens (including phenoxy) is 1. The first-order valence-electron chi connectivity index (χ1n) is 10.5. The van der Waals surface area contributed by atoms with Gasteiger partial charge in [-0.15, -0.1) is 0 Å². The summed E-state index contributed by atoms with van der Waals surface area (Å²) in [7, 11) is 0. The van der Waals surface area contributed by atoms with Gasteiger partial charge in [-0.1, -0.05) is 13.0 Å². The van der Waals surface area contributed by atoms with Crippen LogP contribution in [-0.2, 0) is 9.53 Å². The molecular formula is C21H34N4O2. The topological polar surface area (TPSA) is 48.9 Å². The van der Waals surface area contributed by atoms with E-state index in [1.54, 1.807) is 0 Å². The van der Waals surface area contributed by atoms with Crippen LogP contribution in [0.1, 0.15) is 33.1 Å². The summed E-state index contributed by atoms with van der Waals surface area (Å²) in [4.78, 5) is 24.0. The van der Waals surface area contributed by atoms with E-state index in [4.69, 9.17) is 4.74 Å². The van der Waals surface area contributed by atoms with Crippen LogP contribution in [0.2, 0.25) is 0 Å². The van der Waals surface area contributed by atoms with E-state index in [-0.39, 0.29) is 12.0 Å². The first-order valence-corrected chi connectivity index (χ1v) is 10.5. The summed E-state index contributed by atoms with van der Waals surface area (Å²) in [5.41, 5.74) is 0. The van der Waals surface area contributed by atoms with Crippen LogP contribution < -0.4 is 4.90 Å². The molecule has 2 atom stereocenters. The van der Waals surface area contributed by atoms with E-state index >= 15 is 0 Å². The molecule has 0 amide bonds. The van der Waals surface area contributed by atoms with Crippen molar-refractivity contribution in [3.05, 3.63) is 24.4 Å². The molecule has 0 N–H and O–H groups in total. The van der Waals surface area contributed by atoms with E-state index in [2.05, 4.69) is 38.7 Å². The van der Waals surface area contributed by atoms with Crippen LogP contribution in [0.25, 0.3) is 0 Å². The lowest BCUT2D eigenvalue weighted by Crippen LogP contribution is -2.52. The van der Waals surface area contributed by atoms with Crippen molar-refractivity contribution < 1.29 is 9.53 Å². The number of esters is 1. The van der Waals surface area contributed by atoms with Gasteiger partial charge in [0.2, 0.25) is 0 Å². The molecular weight excluding hydrogens is 340 g/mol. The minimum atomic E-state index is -0.0752. The van der Waals surface area contributed by atoms with Gasteiger partial charge in [-0.2, -0.15) is 0 Å². The van der Waals surface area contributed by atoms with Gasteiger partial charge in [0, 0.05) is 45.5 Å². The standard InChI is InChI=1S/C21H34N4O2/c1-3-19(21(26)27-4-2)25-11-7-8-18(17-25)16-23-12-14-24(15-13-23)20-9-5-6-10-22-20/h5-6,9-10,18-19H,3-4,7-8,11-17H2,1-2H3. The number of carbonyl (C=O) groups excluding carboxylic acids is 1. The number of anilines is 1. The molecule has 2 fully saturated rings. The van der Waals surface area contributed by atoms with E-state index in [1.807, 2.05) is 19.2 Å². The van der Waals surface area contributed by atoms with Gasteiger partial charge >= 0.3 is 5.97 Å². The van der Waals surface area contributed by atoms with Crippen LogP contribution in [0, 0.1) is 5.92 Å². The van der Waals surface area contributed by atoms with E-state index in [9.17, 15) is 4.79 Å². The molecule has 2 aliphatic rings. The number of carbonyl (C=O) groups is 1. The minimum absolute atomic E-state index is 0.0513. The van der Waals surface area contributed by atoms with Crippen molar-refractivity contribution in [3.8, 4) is 0 Å². The van der Waals surface area contributed by atoms with Gasteiger partial charge in [-0.25, -0.2) is 4.98 Å². The molecule has 0 aliphatic carbocycles. The number of rotatable bonds is 7. The summed E-state index contributed by atoms with van der Waals surface area (Å²) in [5, 5.41) is 0. The van der Waals surface area contributed by atoms with Crippen molar-refractivity contribution in [1.29, 1.82) is 0 Å². The van der Waals surface area contributed by atoms with Gasteiger partial charge in [0.25, 0.3) is 0 Å². The Kier molecular flexibility index (Phi) is 7.47. The normalized spacial score (nSPS) is 23.2. The van der Waals surface area contributed by atoms with Crippen molar-refractivity contribution in [3.63, 3.8) is 0 Å². The number of hydrogen-bond acceptors (Lipinski definition) is 6. The summed E-state index contributed by atoms with van der Waals surface area (Å²) in [6.07, 6.45) is 5.13. The molecule has 1 aromatic rings. The third-order valence-electron chi connectivity index (χ3n) is 5.80. The number of piperazine rings is 1. The van der Waals surface area contributed by atoms with E-state index < -0.39 is 0 Å². The third-order valence-corrected chi connectivity index (χ3v) is 5.80. The van der Waals surface area contributed by atoms with E-state index in [0.29, 0.717) is 12.5 Å². The van der Waals surface area contributed by atoms with Crippen LogP contribution in [0.3, 0.4) is 0 Å². The van der Waals surface area contributed by atoms with Gasteiger partial charge < -0.3 is 9.64 Å². The molecule has 1 aromatic heterocycles. The summed E-state index contributed by atoms with van der Waals surface area (Å²) < 4.78 is 5.28. The molecule has 2 saturated heterocycles. The second-order valence-electron chi connectivity index (χ2n) is 7.65. The molecule has 3 heterocycles. The molecule has 6 heteroatoms. The SMILES string of the molecule is CCOC(=O)C(CC)N1CCCC(CN2CCN(c3ccccn3)CC2)C1. The smallest absolute Gasteiger partial charge is 0.323 e. The van der Waals surface area contributed by atoms with Crippen LogP contribution >= 0.6 is 0 Å². The number of likely N-dealkylation sites (tertiary alicyclic amines) is 1. The monoisotopic (exact) mass is 374 g/mol. The Morgan fingerprint density at radius 1 is 1.22 bits per heavy atom. The maximum Gasteiger partial charge on any atom is 0.323 e. The van der Waals surface area contributed by atoms with Crippen LogP contribution in [0.15, 0.2) is 24.4 Å². The number of hydrogen-bond donors (Lipinski definition) is 0. The first kappa shape index (κ1) is 20.1. The highest BCUT2D eigenvalue weighted by atomic mass is 16.5.